The zero-order valence-electron chi connectivity index (χ0n) is 9.02. The minimum atomic E-state index is -0.670. The van der Waals surface area contributed by atoms with Gasteiger partial charge in [-0.2, -0.15) is 5.26 Å². The topological polar surface area (TPSA) is 56.0 Å². The summed E-state index contributed by atoms with van der Waals surface area (Å²) in [5.74, 6) is 0. The zero-order chi connectivity index (χ0) is 10.5. The van der Waals surface area contributed by atoms with E-state index in [-0.39, 0.29) is 5.41 Å². The van der Waals surface area contributed by atoms with Crippen molar-refractivity contribution in [1.29, 1.82) is 5.26 Å². The molecule has 0 unspecified atom stereocenters. The zero-order valence-corrected chi connectivity index (χ0v) is 9.02. The van der Waals surface area contributed by atoms with Crippen molar-refractivity contribution in [3.05, 3.63) is 0 Å². The molecule has 0 bridgehead atoms. The van der Waals surface area contributed by atoms with Crippen LogP contribution in [0.15, 0.2) is 0 Å². The number of hydrogen-bond acceptors (Lipinski definition) is 3. The van der Waals surface area contributed by atoms with Gasteiger partial charge in [-0.3, -0.25) is 0 Å². The van der Waals surface area contributed by atoms with E-state index in [0.717, 1.165) is 13.0 Å². The second-order valence-corrected chi connectivity index (χ2v) is 4.73. The van der Waals surface area contributed by atoms with E-state index in [1.165, 1.54) is 0 Å². The molecule has 0 rings (SSSR count). The molecule has 0 heterocycles. The largest absolute Gasteiger partial charge is 0.389 e. The van der Waals surface area contributed by atoms with Crippen LogP contribution >= 0.6 is 0 Å². The fourth-order valence-electron chi connectivity index (χ4n) is 0.851. The van der Waals surface area contributed by atoms with E-state index in [2.05, 4.69) is 11.4 Å². The molecule has 0 aromatic heterocycles. The first-order chi connectivity index (χ1) is 5.77. The summed E-state index contributed by atoms with van der Waals surface area (Å²) in [6.07, 6.45) is 0.805. The normalized spacial score (nSPS) is 12.6. The van der Waals surface area contributed by atoms with Gasteiger partial charge in [0, 0.05) is 6.54 Å². The van der Waals surface area contributed by atoms with E-state index < -0.39 is 5.60 Å². The first kappa shape index (κ1) is 12.4. The van der Waals surface area contributed by atoms with E-state index in [9.17, 15) is 5.11 Å². The van der Waals surface area contributed by atoms with Crippen molar-refractivity contribution < 1.29 is 5.11 Å². The molecule has 0 fully saturated rings. The van der Waals surface area contributed by atoms with Gasteiger partial charge < -0.3 is 10.4 Å². The highest BCUT2D eigenvalue weighted by atomic mass is 16.3. The average molecular weight is 184 g/mol. The van der Waals surface area contributed by atoms with E-state index >= 15 is 0 Å². The monoisotopic (exact) mass is 184 g/mol. The number of rotatable bonds is 5. The van der Waals surface area contributed by atoms with Crippen LogP contribution in [0.3, 0.4) is 0 Å². The molecule has 0 saturated carbocycles. The number of nitrogens with zero attached hydrogens (tertiary/aromatic N) is 1. The lowest BCUT2D eigenvalue weighted by molar-refractivity contribution is 0.0793. The molecule has 0 aliphatic carbocycles. The summed E-state index contributed by atoms with van der Waals surface area (Å²) in [5, 5.41) is 21.2. The van der Waals surface area contributed by atoms with Gasteiger partial charge in [-0.25, -0.2) is 0 Å². The molecule has 0 aliphatic rings. The third kappa shape index (κ3) is 7.76. The molecule has 3 nitrogen and oxygen atoms in total. The van der Waals surface area contributed by atoms with Crippen LogP contribution in [-0.2, 0) is 0 Å². The van der Waals surface area contributed by atoms with Crippen molar-refractivity contribution in [1.82, 2.24) is 5.32 Å². The minimum Gasteiger partial charge on any atom is -0.389 e. The quantitative estimate of drug-likeness (QED) is 0.633. The van der Waals surface area contributed by atoms with Gasteiger partial charge in [0.1, 0.15) is 0 Å². The lowest BCUT2D eigenvalue weighted by atomic mass is 9.91. The molecule has 76 valence electrons. The van der Waals surface area contributed by atoms with Gasteiger partial charge in [0.2, 0.25) is 0 Å². The van der Waals surface area contributed by atoms with Gasteiger partial charge in [-0.15, -0.1) is 0 Å². The molecule has 0 aromatic carbocycles. The Balaban J connectivity index is 3.54. The Morgan fingerprint density at radius 3 is 2.23 bits per heavy atom. The molecule has 0 radical (unpaired) electrons. The standard InChI is InChI=1S/C10H20N2O/c1-9(2,7-11)5-6-12-8-10(3,4)13/h12-13H,5-6,8H2,1-4H3. The van der Waals surface area contributed by atoms with Gasteiger partial charge in [0.05, 0.1) is 17.1 Å². The fourth-order valence-corrected chi connectivity index (χ4v) is 0.851. The van der Waals surface area contributed by atoms with Crippen molar-refractivity contribution in [3.63, 3.8) is 0 Å². The van der Waals surface area contributed by atoms with Gasteiger partial charge in [0.25, 0.3) is 0 Å². The summed E-state index contributed by atoms with van der Waals surface area (Å²) in [5.41, 5.74) is -0.941. The van der Waals surface area contributed by atoms with Crippen molar-refractivity contribution in [2.24, 2.45) is 5.41 Å². The van der Waals surface area contributed by atoms with Crippen molar-refractivity contribution >= 4 is 0 Å². The summed E-state index contributed by atoms with van der Waals surface area (Å²) in [6.45, 7) is 8.68. The first-order valence-electron chi connectivity index (χ1n) is 4.61. The van der Waals surface area contributed by atoms with Crippen LogP contribution < -0.4 is 5.32 Å². The summed E-state index contributed by atoms with van der Waals surface area (Å²) in [6, 6.07) is 2.24. The molecule has 0 saturated heterocycles. The Morgan fingerprint density at radius 1 is 1.31 bits per heavy atom. The van der Waals surface area contributed by atoms with Crippen LogP contribution in [0.1, 0.15) is 34.1 Å². The van der Waals surface area contributed by atoms with Gasteiger partial charge in [0.15, 0.2) is 0 Å². The molecular formula is C10H20N2O. The lowest BCUT2D eigenvalue weighted by Crippen LogP contribution is -2.36. The van der Waals surface area contributed by atoms with Crippen LogP contribution in [0.4, 0.5) is 0 Å². The molecule has 2 N–H and O–H groups in total. The second-order valence-electron chi connectivity index (χ2n) is 4.73. The predicted molar refractivity (Wildman–Crippen MR) is 53.2 cm³/mol. The SMILES string of the molecule is CC(C)(O)CNCCC(C)(C)C#N. The first-order valence-corrected chi connectivity index (χ1v) is 4.61. The molecule has 0 aromatic rings. The number of nitriles is 1. The summed E-state index contributed by atoms with van der Waals surface area (Å²) >= 11 is 0. The minimum absolute atomic E-state index is 0.271. The lowest BCUT2D eigenvalue weighted by Gasteiger charge is -2.20. The third-order valence-electron chi connectivity index (χ3n) is 1.79. The van der Waals surface area contributed by atoms with Crippen LogP contribution in [0, 0.1) is 16.7 Å². The average Bonchev–Trinajstić information content (AvgIpc) is 1.97. The van der Waals surface area contributed by atoms with Gasteiger partial charge >= 0.3 is 0 Å². The summed E-state index contributed by atoms with van der Waals surface area (Å²) in [7, 11) is 0. The number of aliphatic hydroxyl groups is 1. The van der Waals surface area contributed by atoms with Crippen molar-refractivity contribution in [2.75, 3.05) is 13.1 Å². The maximum atomic E-state index is 9.38. The number of nitrogens with one attached hydrogen (secondary N) is 1. The highest BCUT2D eigenvalue weighted by Crippen LogP contribution is 2.17. The highest BCUT2D eigenvalue weighted by Gasteiger charge is 2.17. The molecule has 13 heavy (non-hydrogen) atoms. The van der Waals surface area contributed by atoms with E-state index in [1.807, 2.05) is 13.8 Å². The molecular weight excluding hydrogens is 164 g/mol. The molecule has 3 heteroatoms. The maximum Gasteiger partial charge on any atom is 0.0715 e. The Morgan fingerprint density at radius 2 is 1.85 bits per heavy atom. The van der Waals surface area contributed by atoms with Crippen LogP contribution in [0.5, 0.6) is 0 Å². The fraction of sp³-hybridized carbons (Fsp3) is 0.900. The smallest absolute Gasteiger partial charge is 0.0715 e. The summed E-state index contributed by atoms with van der Waals surface area (Å²) in [4.78, 5) is 0. The Bertz CT molecular complexity index is 186. The van der Waals surface area contributed by atoms with Crippen LogP contribution in [0.2, 0.25) is 0 Å². The Labute approximate surface area is 80.8 Å². The Hall–Kier alpha value is -0.590. The Kier molecular flexibility index (Phi) is 4.38. The highest BCUT2D eigenvalue weighted by molar-refractivity contribution is 4.91. The molecule has 0 aliphatic heterocycles. The van der Waals surface area contributed by atoms with Crippen molar-refractivity contribution in [3.8, 4) is 6.07 Å². The van der Waals surface area contributed by atoms with E-state index in [4.69, 9.17) is 5.26 Å². The summed E-state index contributed by atoms with van der Waals surface area (Å²) < 4.78 is 0. The molecule has 0 spiro atoms. The van der Waals surface area contributed by atoms with Crippen LogP contribution in [0.25, 0.3) is 0 Å². The molecule has 0 atom stereocenters. The van der Waals surface area contributed by atoms with Crippen molar-refractivity contribution in [2.45, 2.75) is 39.7 Å². The van der Waals surface area contributed by atoms with Crippen LogP contribution in [-0.4, -0.2) is 23.8 Å². The molecule has 0 amide bonds. The maximum absolute atomic E-state index is 9.38. The van der Waals surface area contributed by atoms with E-state index in [1.54, 1.807) is 13.8 Å². The van der Waals surface area contributed by atoms with Gasteiger partial charge in [-0.05, 0) is 40.7 Å². The van der Waals surface area contributed by atoms with Gasteiger partial charge in [-0.1, -0.05) is 0 Å². The number of hydrogen-bond donors (Lipinski definition) is 2. The second kappa shape index (κ2) is 4.59. The third-order valence-corrected chi connectivity index (χ3v) is 1.79. The van der Waals surface area contributed by atoms with E-state index in [0.29, 0.717) is 6.54 Å². The predicted octanol–water partition coefficient (Wildman–Crippen LogP) is 1.29.